The molecule has 0 aliphatic rings. The Kier molecular flexibility index (Phi) is 8.09. The van der Waals surface area contributed by atoms with Gasteiger partial charge in [0.1, 0.15) is 11.1 Å². The summed E-state index contributed by atoms with van der Waals surface area (Å²) in [5.41, 5.74) is -1.30. The van der Waals surface area contributed by atoms with Crippen molar-refractivity contribution in [3.63, 3.8) is 0 Å². The van der Waals surface area contributed by atoms with Crippen molar-refractivity contribution in [2.24, 2.45) is 0 Å². The summed E-state index contributed by atoms with van der Waals surface area (Å²) in [4.78, 5) is 36.4. The van der Waals surface area contributed by atoms with E-state index in [0.29, 0.717) is 18.0 Å². The molecule has 0 aromatic heterocycles. The Balaban J connectivity index is 2.65. The van der Waals surface area contributed by atoms with Crippen LogP contribution in [0, 0.1) is 0 Å². The van der Waals surface area contributed by atoms with Gasteiger partial charge in [-0.05, 0) is 51.8 Å². The lowest BCUT2D eigenvalue weighted by Gasteiger charge is -2.29. The van der Waals surface area contributed by atoms with Crippen LogP contribution in [0.25, 0.3) is 0 Å². The summed E-state index contributed by atoms with van der Waals surface area (Å²) in [5, 5.41) is 5.78. The smallest absolute Gasteiger partial charge is 0.408 e. The van der Waals surface area contributed by atoms with Crippen LogP contribution in [0.1, 0.15) is 39.7 Å². The molecule has 1 atom stereocenters. The number of alkyl carbamates (subject to hydrolysis) is 1. The molecule has 0 bridgehead atoms. The third-order valence-corrected chi connectivity index (χ3v) is 3.79. The first-order chi connectivity index (χ1) is 12.4. The number of hydrogen-bond acceptors (Lipinski definition) is 5. The first-order valence-electron chi connectivity index (χ1n) is 8.56. The van der Waals surface area contributed by atoms with Crippen LogP contribution < -0.4 is 10.6 Å². The van der Waals surface area contributed by atoms with E-state index in [1.807, 2.05) is 18.2 Å². The summed E-state index contributed by atoms with van der Waals surface area (Å²) in [6.07, 6.45) is -0.503. The molecule has 1 rings (SSSR count). The van der Waals surface area contributed by atoms with E-state index >= 15 is 0 Å². The van der Waals surface area contributed by atoms with Crippen molar-refractivity contribution in [1.82, 2.24) is 10.6 Å². The highest BCUT2D eigenvalue weighted by Gasteiger charge is 2.39. The number of nitrogens with one attached hydrogen (secondary N) is 2. The van der Waals surface area contributed by atoms with Crippen molar-refractivity contribution in [2.45, 2.75) is 51.7 Å². The molecular formula is C19H27ClN2O5. The van der Waals surface area contributed by atoms with Gasteiger partial charge in [-0.2, -0.15) is 0 Å². The molecule has 0 saturated carbocycles. The Morgan fingerprint density at radius 2 is 1.81 bits per heavy atom. The van der Waals surface area contributed by atoms with E-state index in [9.17, 15) is 14.4 Å². The Labute approximate surface area is 164 Å². The first-order valence-corrected chi connectivity index (χ1v) is 8.94. The second kappa shape index (κ2) is 9.60. The zero-order valence-corrected chi connectivity index (χ0v) is 17.1. The van der Waals surface area contributed by atoms with E-state index in [2.05, 4.69) is 10.6 Å². The summed E-state index contributed by atoms with van der Waals surface area (Å²) in [7, 11) is 1.19. The number of hydrogen-bond donors (Lipinski definition) is 2. The second-order valence-electron chi connectivity index (χ2n) is 7.36. The van der Waals surface area contributed by atoms with Gasteiger partial charge in [-0.1, -0.05) is 23.7 Å². The van der Waals surface area contributed by atoms with Crippen molar-refractivity contribution in [3.8, 4) is 0 Å². The number of methoxy groups -OCH3 is 1. The minimum atomic E-state index is -1.54. The minimum Gasteiger partial charge on any atom is -0.467 e. The maximum Gasteiger partial charge on any atom is 0.408 e. The van der Waals surface area contributed by atoms with Crippen molar-refractivity contribution in [2.75, 3.05) is 13.7 Å². The average molecular weight is 399 g/mol. The van der Waals surface area contributed by atoms with Gasteiger partial charge in [-0.15, -0.1) is 0 Å². The van der Waals surface area contributed by atoms with Crippen LogP contribution in [0.3, 0.4) is 0 Å². The van der Waals surface area contributed by atoms with Gasteiger partial charge in [0.15, 0.2) is 0 Å². The first kappa shape index (κ1) is 22.8. The van der Waals surface area contributed by atoms with Gasteiger partial charge < -0.3 is 20.1 Å². The second-order valence-corrected chi connectivity index (χ2v) is 7.79. The molecule has 1 unspecified atom stereocenters. The summed E-state index contributed by atoms with van der Waals surface area (Å²) in [5.74, 6) is -1.14. The molecule has 2 N–H and O–H groups in total. The predicted octanol–water partition coefficient (Wildman–Crippen LogP) is 2.85. The van der Waals surface area contributed by atoms with Crippen LogP contribution in [0.5, 0.6) is 0 Å². The van der Waals surface area contributed by atoms with Crippen LogP contribution in [0.15, 0.2) is 24.3 Å². The van der Waals surface area contributed by atoms with E-state index in [-0.39, 0.29) is 6.42 Å². The molecule has 0 radical (unpaired) electrons. The molecule has 0 saturated heterocycles. The summed E-state index contributed by atoms with van der Waals surface area (Å²) >= 11 is 5.93. The van der Waals surface area contributed by atoms with Gasteiger partial charge >= 0.3 is 12.1 Å². The number of ether oxygens (including phenoxy) is 2. The molecule has 1 aromatic rings. The fourth-order valence-corrected chi connectivity index (χ4v) is 2.56. The van der Waals surface area contributed by atoms with Gasteiger partial charge in [0.05, 0.1) is 13.5 Å². The summed E-state index contributed by atoms with van der Waals surface area (Å²) in [6, 6.07) is 7.32. The standard InChI is InChI=1S/C19H27ClN2O5/c1-18(2,3)27-17(25)22-19(4,16(24)26-5)12-15(23)21-10-9-13-7-6-8-14(20)11-13/h6-8,11H,9-10,12H2,1-5H3,(H,21,23)(H,22,25). The summed E-state index contributed by atoms with van der Waals surface area (Å²) < 4.78 is 9.89. The maximum atomic E-state index is 12.3. The van der Waals surface area contributed by atoms with Gasteiger partial charge in [0.2, 0.25) is 5.91 Å². The van der Waals surface area contributed by atoms with Gasteiger partial charge in [0, 0.05) is 11.6 Å². The van der Waals surface area contributed by atoms with Crippen LogP contribution in [0.4, 0.5) is 4.79 Å². The zero-order valence-electron chi connectivity index (χ0n) is 16.3. The minimum absolute atomic E-state index is 0.283. The number of benzene rings is 1. The van der Waals surface area contributed by atoms with Crippen molar-refractivity contribution >= 4 is 29.6 Å². The molecule has 0 fully saturated rings. The van der Waals surface area contributed by atoms with E-state index in [4.69, 9.17) is 21.1 Å². The normalized spacial score (nSPS) is 13.3. The number of carbonyl (C=O) groups is 3. The van der Waals surface area contributed by atoms with E-state index in [1.165, 1.54) is 14.0 Å². The fourth-order valence-electron chi connectivity index (χ4n) is 2.34. The van der Waals surface area contributed by atoms with Crippen molar-refractivity contribution in [1.29, 1.82) is 0 Å². The molecular weight excluding hydrogens is 372 g/mol. The Morgan fingerprint density at radius 3 is 2.37 bits per heavy atom. The lowest BCUT2D eigenvalue weighted by atomic mass is 9.97. The molecule has 2 amide bonds. The molecule has 0 aliphatic carbocycles. The largest absolute Gasteiger partial charge is 0.467 e. The van der Waals surface area contributed by atoms with Crippen LogP contribution in [-0.2, 0) is 25.5 Å². The van der Waals surface area contributed by atoms with Crippen molar-refractivity contribution < 1.29 is 23.9 Å². The highest BCUT2D eigenvalue weighted by molar-refractivity contribution is 6.30. The topological polar surface area (TPSA) is 93.7 Å². The number of amides is 2. The Bertz CT molecular complexity index is 687. The number of rotatable bonds is 7. The molecule has 0 spiro atoms. The fraction of sp³-hybridized carbons (Fsp3) is 0.526. The van der Waals surface area contributed by atoms with E-state index in [1.54, 1.807) is 26.8 Å². The van der Waals surface area contributed by atoms with Gasteiger partial charge in [0.25, 0.3) is 0 Å². The SMILES string of the molecule is COC(=O)C(C)(CC(=O)NCCc1cccc(Cl)c1)NC(=O)OC(C)(C)C. The lowest BCUT2D eigenvalue weighted by molar-refractivity contribution is -0.150. The van der Waals surface area contributed by atoms with E-state index in [0.717, 1.165) is 5.56 Å². The van der Waals surface area contributed by atoms with Crippen LogP contribution in [-0.4, -0.2) is 42.8 Å². The van der Waals surface area contributed by atoms with Crippen LogP contribution in [0.2, 0.25) is 5.02 Å². The monoisotopic (exact) mass is 398 g/mol. The third kappa shape index (κ3) is 8.30. The lowest BCUT2D eigenvalue weighted by Crippen LogP contribution is -2.56. The molecule has 150 valence electrons. The highest BCUT2D eigenvalue weighted by atomic mass is 35.5. The predicted molar refractivity (Wildman–Crippen MR) is 103 cm³/mol. The zero-order chi connectivity index (χ0) is 20.7. The number of esters is 1. The summed E-state index contributed by atoms with van der Waals surface area (Å²) in [6.45, 7) is 6.88. The highest BCUT2D eigenvalue weighted by Crippen LogP contribution is 2.15. The molecule has 0 heterocycles. The van der Waals surface area contributed by atoms with E-state index < -0.39 is 29.1 Å². The van der Waals surface area contributed by atoms with Crippen molar-refractivity contribution in [3.05, 3.63) is 34.9 Å². The maximum absolute atomic E-state index is 12.3. The Hall–Kier alpha value is -2.28. The van der Waals surface area contributed by atoms with Crippen LogP contribution >= 0.6 is 11.6 Å². The third-order valence-electron chi connectivity index (χ3n) is 3.55. The quantitative estimate of drug-likeness (QED) is 0.689. The molecule has 1 aromatic carbocycles. The molecule has 7 nitrogen and oxygen atoms in total. The van der Waals surface area contributed by atoms with Gasteiger partial charge in [-0.25, -0.2) is 9.59 Å². The molecule has 0 aliphatic heterocycles. The number of carbonyl (C=O) groups excluding carboxylic acids is 3. The van der Waals surface area contributed by atoms with Gasteiger partial charge in [-0.3, -0.25) is 4.79 Å². The average Bonchev–Trinajstić information content (AvgIpc) is 2.51. The Morgan fingerprint density at radius 1 is 1.15 bits per heavy atom. The molecule has 8 heteroatoms. The molecule has 27 heavy (non-hydrogen) atoms. The number of halogens is 1.